The monoisotopic (exact) mass is 416 g/mol. The van der Waals surface area contributed by atoms with Gasteiger partial charge < -0.3 is 19.5 Å². The predicted octanol–water partition coefficient (Wildman–Crippen LogP) is 1.69. The lowest BCUT2D eigenvalue weighted by Gasteiger charge is -2.12. The number of esters is 1. The molecule has 2 aromatic rings. The fourth-order valence-corrected chi connectivity index (χ4v) is 2.92. The van der Waals surface area contributed by atoms with E-state index in [0.717, 1.165) is 11.3 Å². The maximum absolute atomic E-state index is 12.3. The van der Waals surface area contributed by atoms with Crippen molar-refractivity contribution in [1.82, 2.24) is 9.88 Å². The van der Waals surface area contributed by atoms with Crippen molar-refractivity contribution in [1.29, 1.82) is 0 Å². The second kappa shape index (κ2) is 9.83. The molecule has 1 aromatic heterocycles. The molecular formula is C17H18F2N2O6S. The van der Waals surface area contributed by atoms with Crippen molar-refractivity contribution in [3.8, 4) is 11.5 Å². The van der Waals surface area contributed by atoms with Gasteiger partial charge in [-0.05, 0) is 24.6 Å². The van der Waals surface area contributed by atoms with E-state index in [2.05, 4.69) is 10.1 Å². The third-order valence-electron chi connectivity index (χ3n) is 3.56. The molecule has 0 atom stereocenters. The number of halogens is 2. The Labute approximate surface area is 162 Å². The molecule has 0 radical (unpaired) electrons. The largest absolute Gasteiger partial charge is 0.493 e. The molecule has 1 amide bonds. The number of rotatable bonds is 9. The van der Waals surface area contributed by atoms with E-state index >= 15 is 0 Å². The van der Waals surface area contributed by atoms with E-state index in [4.69, 9.17) is 9.47 Å². The lowest BCUT2D eigenvalue weighted by molar-refractivity contribution is -0.149. The number of nitrogens with one attached hydrogen (secondary N) is 1. The molecule has 0 aliphatic rings. The van der Waals surface area contributed by atoms with Gasteiger partial charge in [0.25, 0.3) is 5.91 Å². The topological polar surface area (TPSA) is 95.9 Å². The quantitative estimate of drug-likeness (QED) is 0.625. The van der Waals surface area contributed by atoms with Crippen LogP contribution >= 0.6 is 11.3 Å². The summed E-state index contributed by atoms with van der Waals surface area (Å²) < 4.78 is 40.0. The highest BCUT2D eigenvalue weighted by molar-refractivity contribution is 7.07. The second-order valence-electron chi connectivity index (χ2n) is 5.53. The van der Waals surface area contributed by atoms with Gasteiger partial charge in [0.05, 0.1) is 7.11 Å². The van der Waals surface area contributed by atoms with Gasteiger partial charge in [0, 0.05) is 17.6 Å². The number of aromatic nitrogens is 1. The van der Waals surface area contributed by atoms with Gasteiger partial charge >= 0.3 is 17.5 Å². The smallest absolute Gasteiger partial charge is 0.387 e. The molecule has 2 rings (SSSR count). The first kappa shape index (κ1) is 21.4. The molecule has 152 valence electrons. The standard InChI is InChI=1S/C17H18F2N2O6S/c1-10-9-28-17(24)21(10)7-15(23)26-8-14(22)20-6-11-3-4-12(27-16(18)19)13(5-11)25-2/h3-5,9,16H,6-8H2,1-2H3,(H,20,22). The molecule has 0 fully saturated rings. The normalized spacial score (nSPS) is 10.6. The van der Waals surface area contributed by atoms with E-state index in [1.165, 1.54) is 29.9 Å². The Morgan fingerprint density at radius 3 is 2.64 bits per heavy atom. The average molecular weight is 416 g/mol. The molecule has 0 saturated heterocycles. The molecule has 0 unspecified atom stereocenters. The molecule has 11 heteroatoms. The fraction of sp³-hybridized carbons (Fsp3) is 0.353. The summed E-state index contributed by atoms with van der Waals surface area (Å²) in [5.74, 6) is -1.31. The zero-order chi connectivity index (χ0) is 20.7. The number of hydrogen-bond acceptors (Lipinski definition) is 7. The van der Waals surface area contributed by atoms with Crippen molar-refractivity contribution in [2.24, 2.45) is 0 Å². The predicted molar refractivity (Wildman–Crippen MR) is 95.7 cm³/mol. The highest BCUT2D eigenvalue weighted by Crippen LogP contribution is 2.29. The summed E-state index contributed by atoms with van der Waals surface area (Å²) in [6.07, 6.45) is 0. The molecule has 1 aromatic carbocycles. The fourth-order valence-electron chi connectivity index (χ4n) is 2.18. The first-order valence-corrected chi connectivity index (χ1v) is 8.87. The molecule has 28 heavy (non-hydrogen) atoms. The van der Waals surface area contributed by atoms with Crippen LogP contribution in [0.15, 0.2) is 28.4 Å². The molecule has 1 N–H and O–H groups in total. The molecule has 0 bridgehead atoms. The lowest BCUT2D eigenvalue weighted by Crippen LogP contribution is -2.30. The van der Waals surface area contributed by atoms with Crippen LogP contribution in [0.2, 0.25) is 0 Å². The number of carbonyl (C=O) groups excluding carboxylic acids is 2. The molecule has 0 aliphatic heterocycles. The van der Waals surface area contributed by atoms with Crippen LogP contribution in [0.1, 0.15) is 11.3 Å². The number of ether oxygens (including phenoxy) is 3. The van der Waals surface area contributed by atoms with Crippen molar-refractivity contribution in [3.63, 3.8) is 0 Å². The van der Waals surface area contributed by atoms with E-state index in [-0.39, 0.29) is 29.5 Å². The van der Waals surface area contributed by atoms with E-state index < -0.39 is 25.1 Å². The number of nitrogens with zero attached hydrogens (tertiary/aromatic N) is 1. The first-order valence-electron chi connectivity index (χ1n) is 7.99. The lowest BCUT2D eigenvalue weighted by atomic mass is 10.2. The van der Waals surface area contributed by atoms with Crippen molar-refractivity contribution >= 4 is 23.2 Å². The van der Waals surface area contributed by atoms with Gasteiger partial charge in [-0.3, -0.25) is 19.0 Å². The van der Waals surface area contributed by atoms with Crippen LogP contribution in [0.25, 0.3) is 0 Å². The minimum Gasteiger partial charge on any atom is -0.493 e. The van der Waals surface area contributed by atoms with E-state index in [1.807, 2.05) is 0 Å². The molecule has 8 nitrogen and oxygen atoms in total. The maximum atomic E-state index is 12.3. The van der Waals surface area contributed by atoms with Gasteiger partial charge in [0.15, 0.2) is 18.1 Å². The van der Waals surface area contributed by atoms with Crippen molar-refractivity contribution in [3.05, 3.63) is 44.5 Å². The SMILES string of the molecule is COc1cc(CNC(=O)COC(=O)Cn2c(C)csc2=O)ccc1OC(F)F. The number of amides is 1. The van der Waals surface area contributed by atoms with Crippen LogP contribution < -0.4 is 19.7 Å². The van der Waals surface area contributed by atoms with Gasteiger partial charge in [0.2, 0.25) is 0 Å². The molecule has 0 aliphatic carbocycles. The molecule has 0 spiro atoms. The number of benzene rings is 1. The number of thiazole rings is 1. The minimum absolute atomic E-state index is 0.0603. The van der Waals surface area contributed by atoms with Crippen LogP contribution in [0.4, 0.5) is 8.78 Å². The van der Waals surface area contributed by atoms with Crippen LogP contribution in [-0.2, 0) is 27.4 Å². The molecular weight excluding hydrogens is 398 g/mol. The van der Waals surface area contributed by atoms with Gasteiger partial charge in [-0.2, -0.15) is 8.78 Å². The summed E-state index contributed by atoms with van der Waals surface area (Å²) in [7, 11) is 1.30. The van der Waals surface area contributed by atoms with Crippen molar-refractivity contribution in [2.45, 2.75) is 26.6 Å². The summed E-state index contributed by atoms with van der Waals surface area (Å²) in [4.78, 5) is 34.8. The molecule has 1 heterocycles. The summed E-state index contributed by atoms with van der Waals surface area (Å²) >= 11 is 0.970. The zero-order valence-corrected chi connectivity index (χ0v) is 15.9. The van der Waals surface area contributed by atoms with E-state index in [0.29, 0.717) is 11.3 Å². The van der Waals surface area contributed by atoms with Crippen molar-refractivity contribution < 1.29 is 32.6 Å². The summed E-state index contributed by atoms with van der Waals surface area (Å²) in [6.45, 7) is -2.03. The summed E-state index contributed by atoms with van der Waals surface area (Å²) in [5, 5.41) is 4.14. The minimum atomic E-state index is -2.98. The van der Waals surface area contributed by atoms with Crippen LogP contribution in [0, 0.1) is 6.92 Å². The summed E-state index contributed by atoms with van der Waals surface area (Å²) in [6, 6.07) is 4.22. The van der Waals surface area contributed by atoms with E-state index in [9.17, 15) is 23.2 Å². The Bertz CT molecular complexity index is 896. The van der Waals surface area contributed by atoms with Crippen LogP contribution in [0.5, 0.6) is 11.5 Å². The Balaban J connectivity index is 1.82. The third-order valence-corrected chi connectivity index (χ3v) is 4.44. The Hall–Kier alpha value is -2.95. The number of hydrogen-bond donors (Lipinski definition) is 1. The number of methoxy groups -OCH3 is 1. The number of carbonyl (C=O) groups is 2. The Morgan fingerprint density at radius 1 is 1.29 bits per heavy atom. The highest BCUT2D eigenvalue weighted by atomic mass is 32.1. The third kappa shape index (κ3) is 6.05. The van der Waals surface area contributed by atoms with Gasteiger partial charge in [0.1, 0.15) is 6.54 Å². The van der Waals surface area contributed by atoms with Gasteiger partial charge in [-0.15, -0.1) is 0 Å². The highest BCUT2D eigenvalue weighted by Gasteiger charge is 2.13. The second-order valence-corrected chi connectivity index (χ2v) is 6.35. The zero-order valence-electron chi connectivity index (χ0n) is 15.1. The van der Waals surface area contributed by atoms with Crippen LogP contribution in [-0.4, -0.2) is 36.8 Å². The molecule has 0 saturated carbocycles. The Kier molecular flexibility index (Phi) is 7.50. The first-order chi connectivity index (χ1) is 13.3. The number of alkyl halides is 2. The van der Waals surface area contributed by atoms with Crippen molar-refractivity contribution in [2.75, 3.05) is 13.7 Å². The summed E-state index contributed by atoms with van der Waals surface area (Å²) in [5.41, 5.74) is 1.20. The number of aryl methyl sites for hydroxylation is 1. The maximum Gasteiger partial charge on any atom is 0.387 e. The van der Waals surface area contributed by atoms with Gasteiger partial charge in [-0.1, -0.05) is 17.4 Å². The van der Waals surface area contributed by atoms with E-state index in [1.54, 1.807) is 12.3 Å². The average Bonchev–Trinajstić information content (AvgIpc) is 2.97. The Morgan fingerprint density at radius 2 is 2.04 bits per heavy atom. The van der Waals surface area contributed by atoms with Crippen LogP contribution in [0.3, 0.4) is 0 Å². The van der Waals surface area contributed by atoms with Gasteiger partial charge in [-0.25, -0.2) is 0 Å².